The summed E-state index contributed by atoms with van der Waals surface area (Å²) in [5, 5.41) is 4.26. The average molecular weight is 472 g/mol. The van der Waals surface area contributed by atoms with Gasteiger partial charge in [-0.3, -0.25) is 9.59 Å². The molecule has 0 heterocycles. The molecule has 2 aromatic rings. The molecule has 1 N–H and O–H groups in total. The molecule has 0 saturated heterocycles. The van der Waals surface area contributed by atoms with Crippen molar-refractivity contribution in [2.75, 3.05) is 13.2 Å². The van der Waals surface area contributed by atoms with E-state index >= 15 is 0 Å². The van der Waals surface area contributed by atoms with Crippen molar-refractivity contribution >= 4 is 46.6 Å². The zero-order chi connectivity index (χ0) is 22.3. The second-order valence-electron chi connectivity index (χ2n) is 6.74. The van der Waals surface area contributed by atoms with Crippen LogP contribution >= 0.6 is 34.8 Å². The number of aryl methyl sites for hydroxylation is 1. The van der Waals surface area contributed by atoms with Crippen LogP contribution in [0, 0.1) is 6.92 Å². The summed E-state index contributed by atoms with van der Waals surface area (Å²) in [5.74, 6) is -0.0670. The Balaban J connectivity index is 2.27. The molecular weight excluding hydrogens is 447 g/mol. The van der Waals surface area contributed by atoms with Crippen LogP contribution in [0.5, 0.6) is 5.75 Å². The third-order valence-electron chi connectivity index (χ3n) is 4.62. The molecule has 2 rings (SSSR count). The van der Waals surface area contributed by atoms with Crippen molar-refractivity contribution in [1.29, 1.82) is 0 Å². The Hall–Kier alpha value is -1.95. The van der Waals surface area contributed by atoms with Crippen molar-refractivity contribution in [3.63, 3.8) is 0 Å². The number of carbonyl (C=O) groups excluding carboxylic acids is 2. The number of carbonyl (C=O) groups is 2. The van der Waals surface area contributed by atoms with Crippen LogP contribution in [-0.2, 0) is 16.1 Å². The molecule has 0 fully saturated rings. The normalized spacial score (nSPS) is 11.7. The van der Waals surface area contributed by atoms with E-state index in [1.54, 1.807) is 36.4 Å². The smallest absolute Gasteiger partial charge is 0.261 e. The van der Waals surface area contributed by atoms with Crippen LogP contribution in [-0.4, -0.2) is 35.9 Å². The molecule has 5 nitrogen and oxygen atoms in total. The monoisotopic (exact) mass is 470 g/mol. The van der Waals surface area contributed by atoms with Crippen LogP contribution in [0.1, 0.15) is 31.4 Å². The van der Waals surface area contributed by atoms with E-state index in [0.29, 0.717) is 39.3 Å². The van der Waals surface area contributed by atoms with Crippen LogP contribution in [0.3, 0.4) is 0 Å². The topological polar surface area (TPSA) is 58.6 Å². The van der Waals surface area contributed by atoms with Gasteiger partial charge in [0.15, 0.2) is 6.61 Å². The fraction of sp³-hybridized carbons (Fsp3) is 0.364. The highest BCUT2D eigenvalue weighted by atomic mass is 35.5. The minimum atomic E-state index is -0.680. The highest BCUT2D eigenvalue weighted by molar-refractivity contribution is 6.36. The van der Waals surface area contributed by atoms with E-state index in [9.17, 15) is 9.59 Å². The molecule has 0 spiro atoms. The zero-order valence-corrected chi connectivity index (χ0v) is 19.4. The van der Waals surface area contributed by atoms with Gasteiger partial charge in [-0.25, -0.2) is 0 Å². The quantitative estimate of drug-likeness (QED) is 0.541. The lowest BCUT2D eigenvalue weighted by atomic mass is 10.1. The summed E-state index contributed by atoms with van der Waals surface area (Å²) in [4.78, 5) is 27.2. The Kier molecular flexibility index (Phi) is 9.28. The van der Waals surface area contributed by atoms with Gasteiger partial charge in [0.2, 0.25) is 5.91 Å². The molecule has 2 aromatic carbocycles. The number of halogens is 3. The van der Waals surface area contributed by atoms with E-state index < -0.39 is 6.04 Å². The van der Waals surface area contributed by atoms with E-state index in [1.165, 1.54) is 4.90 Å². The number of likely N-dealkylation sites (N-methyl/N-ethyl adjacent to an activating group) is 1. The number of amides is 2. The summed E-state index contributed by atoms with van der Waals surface area (Å²) in [6.45, 7) is 5.84. The van der Waals surface area contributed by atoms with Gasteiger partial charge in [-0.05, 0) is 56.2 Å². The van der Waals surface area contributed by atoms with Gasteiger partial charge in [0.25, 0.3) is 5.91 Å². The molecule has 1 unspecified atom stereocenters. The molecule has 1 atom stereocenters. The van der Waals surface area contributed by atoms with Crippen LogP contribution in [0.15, 0.2) is 36.4 Å². The number of nitrogens with zero attached hydrogens (tertiary/aromatic N) is 1. The second kappa shape index (κ2) is 11.4. The average Bonchev–Trinajstić information content (AvgIpc) is 2.70. The molecule has 0 saturated carbocycles. The number of nitrogens with one attached hydrogen (secondary N) is 1. The number of ether oxygens (including phenoxy) is 1. The van der Waals surface area contributed by atoms with Crippen molar-refractivity contribution in [3.05, 3.63) is 62.6 Å². The zero-order valence-electron chi connectivity index (χ0n) is 17.2. The van der Waals surface area contributed by atoms with Crippen molar-refractivity contribution in [2.24, 2.45) is 0 Å². The van der Waals surface area contributed by atoms with Crippen LogP contribution in [0.2, 0.25) is 15.1 Å². The maximum Gasteiger partial charge on any atom is 0.261 e. The Morgan fingerprint density at radius 3 is 2.30 bits per heavy atom. The maximum atomic E-state index is 13.1. The third-order valence-corrected chi connectivity index (χ3v) is 5.75. The summed E-state index contributed by atoms with van der Waals surface area (Å²) >= 11 is 18.6. The largest absolute Gasteiger partial charge is 0.484 e. The van der Waals surface area contributed by atoms with E-state index in [2.05, 4.69) is 5.32 Å². The minimum Gasteiger partial charge on any atom is -0.484 e. The summed E-state index contributed by atoms with van der Waals surface area (Å²) in [6, 6.07) is 9.61. The lowest BCUT2D eigenvalue weighted by Crippen LogP contribution is -2.50. The van der Waals surface area contributed by atoms with Gasteiger partial charge in [-0.2, -0.15) is 0 Å². The summed E-state index contributed by atoms with van der Waals surface area (Å²) in [6.07, 6.45) is 0.430. The van der Waals surface area contributed by atoms with Gasteiger partial charge in [-0.15, -0.1) is 0 Å². The molecule has 0 radical (unpaired) electrons. The number of benzene rings is 2. The first-order chi connectivity index (χ1) is 14.3. The van der Waals surface area contributed by atoms with Gasteiger partial charge < -0.3 is 15.0 Å². The van der Waals surface area contributed by atoms with Gasteiger partial charge in [-0.1, -0.05) is 47.8 Å². The highest BCUT2D eigenvalue weighted by Crippen LogP contribution is 2.27. The predicted octanol–water partition coefficient (Wildman–Crippen LogP) is 5.28. The molecule has 0 aliphatic heterocycles. The first kappa shape index (κ1) is 24.3. The lowest BCUT2D eigenvalue weighted by molar-refractivity contribution is -0.142. The summed E-state index contributed by atoms with van der Waals surface area (Å²) < 4.78 is 5.67. The van der Waals surface area contributed by atoms with Gasteiger partial charge >= 0.3 is 0 Å². The fourth-order valence-corrected chi connectivity index (χ4v) is 3.63. The Bertz CT molecular complexity index is 885. The summed E-state index contributed by atoms with van der Waals surface area (Å²) in [7, 11) is 0. The van der Waals surface area contributed by atoms with Crippen molar-refractivity contribution in [3.8, 4) is 5.75 Å². The minimum absolute atomic E-state index is 0.0932. The lowest BCUT2D eigenvalue weighted by Gasteiger charge is -2.31. The Morgan fingerprint density at radius 2 is 1.73 bits per heavy atom. The molecule has 30 heavy (non-hydrogen) atoms. The maximum absolute atomic E-state index is 13.1. The van der Waals surface area contributed by atoms with Gasteiger partial charge in [0, 0.05) is 33.7 Å². The van der Waals surface area contributed by atoms with Crippen LogP contribution < -0.4 is 10.1 Å². The Labute approximate surface area is 192 Å². The molecule has 0 aliphatic rings. The molecule has 8 heteroatoms. The highest BCUT2D eigenvalue weighted by Gasteiger charge is 2.29. The second-order valence-corrected chi connectivity index (χ2v) is 7.96. The van der Waals surface area contributed by atoms with Crippen LogP contribution in [0.25, 0.3) is 0 Å². The fourth-order valence-electron chi connectivity index (χ4n) is 3.00. The Morgan fingerprint density at radius 1 is 1.07 bits per heavy atom. The van der Waals surface area contributed by atoms with E-state index in [0.717, 1.165) is 5.56 Å². The van der Waals surface area contributed by atoms with Gasteiger partial charge in [0.1, 0.15) is 11.8 Å². The van der Waals surface area contributed by atoms with Crippen molar-refractivity contribution in [2.45, 2.75) is 39.8 Å². The number of hydrogen-bond donors (Lipinski definition) is 1. The molecule has 2 amide bonds. The molecule has 0 aromatic heterocycles. The van der Waals surface area contributed by atoms with E-state index in [-0.39, 0.29) is 25.0 Å². The SMILES string of the molecule is CCNC(=O)C(CC)N(Cc1c(Cl)cccc1Cl)C(=O)COc1ccc(Cl)c(C)c1. The van der Waals surface area contributed by atoms with Crippen molar-refractivity contribution < 1.29 is 14.3 Å². The number of hydrogen-bond acceptors (Lipinski definition) is 3. The van der Waals surface area contributed by atoms with E-state index in [4.69, 9.17) is 39.5 Å². The molecule has 0 bridgehead atoms. The third kappa shape index (κ3) is 6.27. The standard InChI is InChI=1S/C22H25Cl3N2O3/c1-4-20(22(29)26-5-2)27(12-16-18(24)7-6-8-19(16)25)21(28)13-30-15-9-10-17(23)14(3)11-15/h6-11,20H,4-5,12-13H2,1-3H3,(H,26,29). The molecule has 0 aliphatic carbocycles. The number of rotatable bonds is 9. The van der Waals surface area contributed by atoms with Crippen LogP contribution in [0.4, 0.5) is 0 Å². The van der Waals surface area contributed by atoms with Crippen molar-refractivity contribution in [1.82, 2.24) is 10.2 Å². The molecular formula is C22H25Cl3N2O3. The molecule has 162 valence electrons. The van der Waals surface area contributed by atoms with E-state index in [1.807, 2.05) is 20.8 Å². The first-order valence-electron chi connectivity index (χ1n) is 9.67. The predicted molar refractivity (Wildman–Crippen MR) is 121 cm³/mol. The first-order valence-corrected chi connectivity index (χ1v) is 10.8. The summed E-state index contributed by atoms with van der Waals surface area (Å²) in [5.41, 5.74) is 1.43. The van der Waals surface area contributed by atoms with Gasteiger partial charge in [0.05, 0.1) is 0 Å².